The van der Waals surface area contributed by atoms with Crippen molar-refractivity contribution in [2.45, 2.75) is 90.9 Å². The van der Waals surface area contributed by atoms with Gasteiger partial charge < -0.3 is 9.47 Å². The van der Waals surface area contributed by atoms with E-state index in [2.05, 4.69) is 60.2 Å². The Kier molecular flexibility index (Phi) is 15.0. The van der Waals surface area contributed by atoms with Crippen LogP contribution in [0, 0.1) is 0 Å². The minimum absolute atomic E-state index is 0.724. The average Bonchev–Trinajstić information content (AvgIpc) is 2.85. The third-order valence-corrected chi connectivity index (χ3v) is 5.62. The molecule has 0 radical (unpaired) electrons. The van der Waals surface area contributed by atoms with Gasteiger partial charge in [-0.15, -0.1) is 0 Å². The molecule has 2 rings (SSSR count). The molecule has 0 aliphatic rings. The average molecular weight is 453 g/mol. The molecule has 1 heterocycles. The monoisotopic (exact) mass is 452 g/mol. The molecule has 4 heteroatoms. The molecule has 33 heavy (non-hydrogen) atoms. The minimum atomic E-state index is 0.724. The van der Waals surface area contributed by atoms with Gasteiger partial charge in [0.2, 0.25) is 0 Å². The summed E-state index contributed by atoms with van der Waals surface area (Å²) in [7, 11) is 0. The first-order valence-electron chi connectivity index (χ1n) is 13.1. The van der Waals surface area contributed by atoms with Crippen molar-refractivity contribution in [1.82, 2.24) is 9.97 Å². The summed E-state index contributed by atoms with van der Waals surface area (Å²) in [6.07, 6.45) is 22.4. The summed E-state index contributed by atoms with van der Waals surface area (Å²) >= 11 is 0. The van der Waals surface area contributed by atoms with Crippen molar-refractivity contribution < 1.29 is 9.47 Å². The van der Waals surface area contributed by atoms with Crippen LogP contribution in [0.4, 0.5) is 0 Å². The maximum Gasteiger partial charge on any atom is 0.159 e. The van der Waals surface area contributed by atoms with Crippen molar-refractivity contribution >= 4 is 0 Å². The zero-order chi connectivity index (χ0) is 23.4. The maximum absolute atomic E-state index is 5.81. The van der Waals surface area contributed by atoms with Gasteiger partial charge in [0, 0.05) is 18.8 Å². The molecule has 0 aliphatic carbocycles. The van der Waals surface area contributed by atoms with E-state index in [-0.39, 0.29) is 0 Å². The lowest BCUT2D eigenvalue weighted by molar-refractivity contribution is 0.130. The summed E-state index contributed by atoms with van der Waals surface area (Å²) < 4.78 is 11.3. The number of unbranched alkanes of at least 4 members (excludes halogenated alkanes) is 7. The molecular formula is C29H44N2O2. The van der Waals surface area contributed by atoms with Gasteiger partial charge in [0.15, 0.2) is 11.6 Å². The van der Waals surface area contributed by atoms with E-state index in [1.165, 1.54) is 56.9 Å². The second kappa shape index (κ2) is 18.3. The summed E-state index contributed by atoms with van der Waals surface area (Å²) in [6, 6.07) is 8.61. The van der Waals surface area contributed by atoms with Crippen LogP contribution in [-0.2, 0) is 11.2 Å². The van der Waals surface area contributed by atoms with Crippen molar-refractivity contribution in [3.8, 4) is 17.1 Å². The van der Waals surface area contributed by atoms with E-state index in [9.17, 15) is 0 Å². The van der Waals surface area contributed by atoms with Crippen LogP contribution in [0.5, 0.6) is 5.75 Å². The standard InChI is InChI=1S/C29H44N2O2/c1-3-5-6-7-8-9-10-11-15-23-33-28-24-30-29(31-25-28)27-19-17-26(18-20-27)16-13-12-14-22-32-21-4-2/h7-8,17-20,24-25H,3-6,9-16,21-23H2,1-2H3/b8-7+. The van der Waals surface area contributed by atoms with Crippen molar-refractivity contribution in [2.75, 3.05) is 19.8 Å². The predicted octanol–water partition coefficient (Wildman–Crippen LogP) is 7.97. The molecule has 0 fully saturated rings. The van der Waals surface area contributed by atoms with E-state index in [4.69, 9.17) is 9.47 Å². The van der Waals surface area contributed by atoms with Gasteiger partial charge >= 0.3 is 0 Å². The number of ether oxygens (including phenoxy) is 2. The van der Waals surface area contributed by atoms with E-state index in [1.807, 2.05) is 0 Å². The number of hydrogen-bond acceptors (Lipinski definition) is 4. The molecule has 0 amide bonds. The quantitative estimate of drug-likeness (QED) is 0.160. The summed E-state index contributed by atoms with van der Waals surface area (Å²) in [5.41, 5.74) is 2.41. The van der Waals surface area contributed by atoms with Gasteiger partial charge in [-0.25, -0.2) is 9.97 Å². The van der Waals surface area contributed by atoms with Crippen LogP contribution >= 0.6 is 0 Å². The first-order valence-corrected chi connectivity index (χ1v) is 13.1. The Balaban J connectivity index is 1.60. The Morgan fingerprint density at radius 2 is 1.39 bits per heavy atom. The SMILES string of the molecule is CCCC/C=C/CCCCCOc1cnc(-c2ccc(CCCCCOCCC)cc2)nc1. The molecule has 182 valence electrons. The van der Waals surface area contributed by atoms with Gasteiger partial charge in [0.25, 0.3) is 0 Å². The van der Waals surface area contributed by atoms with Crippen LogP contribution in [0.3, 0.4) is 0 Å². The number of nitrogens with zero attached hydrogens (tertiary/aromatic N) is 2. The Hall–Kier alpha value is -2.20. The zero-order valence-electron chi connectivity index (χ0n) is 20.9. The van der Waals surface area contributed by atoms with Crippen molar-refractivity contribution in [1.29, 1.82) is 0 Å². The molecule has 0 bridgehead atoms. The lowest BCUT2D eigenvalue weighted by Gasteiger charge is -2.07. The van der Waals surface area contributed by atoms with Gasteiger partial charge in [-0.05, 0) is 63.4 Å². The van der Waals surface area contributed by atoms with E-state index in [1.54, 1.807) is 12.4 Å². The van der Waals surface area contributed by atoms with E-state index < -0.39 is 0 Å². The predicted molar refractivity (Wildman–Crippen MR) is 139 cm³/mol. The molecule has 0 atom stereocenters. The van der Waals surface area contributed by atoms with Gasteiger partial charge in [-0.2, -0.15) is 0 Å². The lowest BCUT2D eigenvalue weighted by Crippen LogP contribution is -1.99. The zero-order valence-corrected chi connectivity index (χ0v) is 20.9. The van der Waals surface area contributed by atoms with Crippen LogP contribution in [-0.4, -0.2) is 29.8 Å². The number of allylic oxidation sites excluding steroid dienone is 2. The largest absolute Gasteiger partial charge is 0.490 e. The lowest BCUT2D eigenvalue weighted by atomic mass is 10.0. The van der Waals surface area contributed by atoms with Crippen molar-refractivity contribution in [3.05, 3.63) is 54.4 Å². The van der Waals surface area contributed by atoms with Crippen LogP contribution in [0.15, 0.2) is 48.8 Å². The molecule has 0 saturated carbocycles. The first kappa shape index (κ1) is 27.0. The summed E-state index contributed by atoms with van der Waals surface area (Å²) in [6.45, 7) is 6.88. The van der Waals surface area contributed by atoms with Crippen LogP contribution < -0.4 is 4.74 Å². The van der Waals surface area contributed by atoms with Gasteiger partial charge in [-0.1, -0.05) is 69.5 Å². The number of aromatic nitrogens is 2. The third kappa shape index (κ3) is 12.6. The van der Waals surface area contributed by atoms with E-state index >= 15 is 0 Å². The Labute approximate surface area is 201 Å². The second-order valence-corrected chi connectivity index (χ2v) is 8.67. The smallest absolute Gasteiger partial charge is 0.159 e. The highest BCUT2D eigenvalue weighted by Gasteiger charge is 2.03. The first-order chi connectivity index (χ1) is 16.3. The Morgan fingerprint density at radius 1 is 0.697 bits per heavy atom. The summed E-state index contributed by atoms with van der Waals surface area (Å²) in [4.78, 5) is 8.99. The summed E-state index contributed by atoms with van der Waals surface area (Å²) in [5.74, 6) is 1.49. The van der Waals surface area contributed by atoms with Gasteiger partial charge in [-0.3, -0.25) is 0 Å². The minimum Gasteiger partial charge on any atom is -0.490 e. The van der Waals surface area contributed by atoms with Crippen LogP contribution in [0.1, 0.15) is 90.0 Å². The number of rotatable bonds is 19. The normalized spacial score (nSPS) is 11.3. The fourth-order valence-electron chi connectivity index (χ4n) is 3.61. The molecule has 0 spiro atoms. The highest BCUT2D eigenvalue weighted by atomic mass is 16.5. The molecule has 1 aromatic heterocycles. The Morgan fingerprint density at radius 3 is 2.12 bits per heavy atom. The molecule has 0 N–H and O–H groups in total. The van der Waals surface area contributed by atoms with Gasteiger partial charge in [0.1, 0.15) is 0 Å². The number of hydrogen-bond donors (Lipinski definition) is 0. The van der Waals surface area contributed by atoms with Crippen LogP contribution in [0.25, 0.3) is 11.4 Å². The highest BCUT2D eigenvalue weighted by Crippen LogP contribution is 2.18. The second-order valence-electron chi connectivity index (χ2n) is 8.67. The molecule has 0 unspecified atom stereocenters. The molecule has 0 saturated heterocycles. The third-order valence-electron chi connectivity index (χ3n) is 5.62. The fourth-order valence-corrected chi connectivity index (χ4v) is 3.61. The van der Waals surface area contributed by atoms with Crippen molar-refractivity contribution in [3.63, 3.8) is 0 Å². The Bertz CT molecular complexity index is 741. The highest BCUT2D eigenvalue weighted by molar-refractivity contribution is 5.55. The molecule has 2 aromatic rings. The van der Waals surface area contributed by atoms with Crippen molar-refractivity contribution in [2.24, 2.45) is 0 Å². The van der Waals surface area contributed by atoms with Crippen LogP contribution in [0.2, 0.25) is 0 Å². The topological polar surface area (TPSA) is 44.2 Å². The van der Waals surface area contributed by atoms with Gasteiger partial charge in [0.05, 0.1) is 19.0 Å². The molecule has 0 aliphatic heterocycles. The van der Waals surface area contributed by atoms with E-state index in [0.29, 0.717) is 0 Å². The number of benzene rings is 1. The number of aryl methyl sites for hydroxylation is 1. The fraction of sp³-hybridized carbons (Fsp3) is 0.586. The summed E-state index contributed by atoms with van der Waals surface area (Å²) in [5, 5.41) is 0. The maximum atomic E-state index is 5.81. The molecule has 1 aromatic carbocycles. The van der Waals surface area contributed by atoms with E-state index in [0.717, 1.165) is 62.6 Å². The molecule has 4 nitrogen and oxygen atoms in total. The molecular weight excluding hydrogens is 408 g/mol.